The molecule has 2 heterocycles. The molecule has 0 radical (unpaired) electrons. The fourth-order valence-corrected chi connectivity index (χ4v) is 4.86. The average molecular weight is 363 g/mol. The highest BCUT2D eigenvalue weighted by Crippen LogP contribution is 2.24. The van der Waals surface area contributed by atoms with E-state index >= 15 is 0 Å². The van der Waals surface area contributed by atoms with E-state index in [0.717, 1.165) is 5.56 Å². The van der Waals surface area contributed by atoms with Crippen molar-refractivity contribution in [2.45, 2.75) is 25.4 Å². The highest BCUT2D eigenvalue weighted by Gasteiger charge is 2.35. The van der Waals surface area contributed by atoms with Gasteiger partial charge < -0.3 is 14.1 Å². The van der Waals surface area contributed by atoms with E-state index in [4.69, 9.17) is 9.15 Å². The second-order valence-corrected chi connectivity index (χ2v) is 8.38. The lowest BCUT2D eigenvalue weighted by molar-refractivity contribution is -0.133. The maximum absolute atomic E-state index is 12.9. The largest absolute Gasteiger partial charge is 0.496 e. The van der Waals surface area contributed by atoms with Gasteiger partial charge in [-0.25, -0.2) is 8.42 Å². The van der Waals surface area contributed by atoms with Gasteiger partial charge in [0.05, 0.1) is 37.8 Å². The molecule has 1 unspecified atom stereocenters. The zero-order valence-electron chi connectivity index (χ0n) is 14.1. The van der Waals surface area contributed by atoms with Gasteiger partial charge >= 0.3 is 0 Å². The fourth-order valence-electron chi connectivity index (χ4n) is 3.13. The van der Waals surface area contributed by atoms with Gasteiger partial charge in [0.2, 0.25) is 5.91 Å². The topological polar surface area (TPSA) is 76.8 Å². The number of carbonyl (C=O) groups excluding carboxylic acids is 1. The van der Waals surface area contributed by atoms with Gasteiger partial charge in [-0.3, -0.25) is 4.79 Å². The Bertz CT molecular complexity index is 829. The van der Waals surface area contributed by atoms with E-state index in [9.17, 15) is 13.2 Å². The molecule has 7 heteroatoms. The summed E-state index contributed by atoms with van der Waals surface area (Å²) in [5.41, 5.74) is 0.778. The number of ether oxygens (including phenoxy) is 1. The van der Waals surface area contributed by atoms with Gasteiger partial charge in [0, 0.05) is 11.6 Å². The summed E-state index contributed by atoms with van der Waals surface area (Å²) in [6.45, 7) is 0.265. The fraction of sp³-hybridized carbons (Fsp3) is 0.389. The zero-order chi connectivity index (χ0) is 17.9. The van der Waals surface area contributed by atoms with Crippen molar-refractivity contribution < 1.29 is 22.4 Å². The molecule has 0 N–H and O–H groups in total. The van der Waals surface area contributed by atoms with Crippen molar-refractivity contribution in [1.82, 2.24) is 4.90 Å². The summed E-state index contributed by atoms with van der Waals surface area (Å²) in [6.07, 6.45) is 2.16. The van der Waals surface area contributed by atoms with E-state index in [0.29, 0.717) is 17.9 Å². The third-order valence-electron chi connectivity index (χ3n) is 4.41. The molecule has 0 saturated carbocycles. The van der Waals surface area contributed by atoms with Crippen molar-refractivity contribution in [3.63, 3.8) is 0 Å². The van der Waals surface area contributed by atoms with Crippen LogP contribution in [0.25, 0.3) is 0 Å². The SMILES string of the molecule is COc1ccccc1CC(=O)N(Cc1ccco1)C1CCS(=O)(=O)C1. The van der Waals surface area contributed by atoms with Gasteiger partial charge in [0.1, 0.15) is 11.5 Å². The minimum absolute atomic E-state index is 0.00533. The van der Waals surface area contributed by atoms with Crippen molar-refractivity contribution in [1.29, 1.82) is 0 Å². The third kappa shape index (κ3) is 4.22. The van der Waals surface area contributed by atoms with E-state index in [1.54, 1.807) is 36.5 Å². The minimum atomic E-state index is -3.09. The van der Waals surface area contributed by atoms with Crippen LogP contribution < -0.4 is 4.74 Å². The van der Waals surface area contributed by atoms with E-state index < -0.39 is 9.84 Å². The molecule has 1 fully saturated rings. The standard InChI is InChI=1S/C18H21NO5S/c1-23-17-7-3-2-5-14(17)11-18(20)19(12-16-6-4-9-24-16)15-8-10-25(21,22)13-15/h2-7,9,15H,8,10-13H2,1H3. The quantitative estimate of drug-likeness (QED) is 0.785. The van der Waals surface area contributed by atoms with Crippen LogP contribution in [0.4, 0.5) is 0 Å². The van der Waals surface area contributed by atoms with E-state index in [2.05, 4.69) is 0 Å². The Morgan fingerprint density at radius 1 is 1.28 bits per heavy atom. The Kier molecular flexibility index (Phi) is 5.13. The summed E-state index contributed by atoms with van der Waals surface area (Å²) in [5, 5.41) is 0. The Morgan fingerprint density at radius 2 is 2.08 bits per heavy atom. The Labute approximate surface area is 147 Å². The van der Waals surface area contributed by atoms with Crippen molar-refractivity contribution in [3.05, 3.63) is 54.0 Å². The number of methoxy groups -OCH3 is 1. The summed E-state index contributed by atoms with van der Waals surface area (Å²) in [5.74, 6) is 1.27. The molecule has 0 spiro atoms. The van der Waals surface area contributed by atoms with Crippen LogP contribution in [0.5, 0.6) is 5.75 Å². The van der Waals surface area contributed by atoms with Gasteiger partial charge in [0.25, 0.3) is 0 Å². The minimum Gasteiger partial charge on any atom is -0.496 e. The van der Waals surface area contributed by atoms with Crippen LogP contribution in [-0.2, 0) is 27.6 Å². The van der Waals surface area contributed by atoms with Crippen molar-refractivity contribution in [2.75, 3.05) is 18.6 Å². The van der Waals surface area contributed by atoms with Crippen LogP contribution >= 0.6 is 0 Å². The number of furan rings is 1. The van der Waals surface area contributed by atoms with Gasteiger partial charge in [-0.05, 0) is 24.6 Å². The second-order valence-electron chi connectivity index (χ2n) is 6.15. The van der Waals surface area contributed by atoms with Crippen molar-refractivity contribution in [2.24, 2.45) is 0 Å². The van der Waals surface area contributed by atoms with Gasteiger partial charge in [-0.2, -0.15) is 0 Å². The molecule has 0 aliphatic carbocycles. The third-order valence-corrected chi connectivity index (χ3v) is 6.16. The molecule has 1 aromatic carbocycles. The molecule has 1 atom stereocenters. The lowest BCUT2D eigenvalue weighted by atomic mass is 10.1. The highest BCUT2D eigenvalue weighted by molar-refractivity contribution is 7.91. The summed E-state index contributed by atoms with van der Waals surface area (Å²) in [4.78, 5) is 14.6. The number of sulfone groups is 1. The first-order valence-electron chi connectivity index (χ1n) is 8.12. The van der Waals surface area contributed by atoms with Crippen molar-refractivity contribution in [3.8, 4) is 5.75 Å². The normalized spacial score (nSPS) is 18.8. The summed E-state index contributed by atoms with van der Waals surface area (Å²) in [6, 6.07) is 10.6. The molecular weight excluding hydrogens is 342 g/mol. The molecule has 2 aromatic rings. The number of rotatable bonds is 6. The lowest BCUT2D eigenvalue weighted by Crippen LogP contribution is -2.41. The number of amides is 1. The maximum Gasteiger partial charge on any atom is 0.227 e. The summed E-state index contributed by atoms with van der Waals surface area (Å²) < 4.78 is 34.4. The molecule has 6 nitrogen and oxygen atoms in total. The number of para-hydroxylation sites is 1. The molecule has 0 bridgehead atoms. The van der Waals surface area contributed by atoms with Crippen LogP contribution in [0, 0.1) is 0 Å². The predicted molar refractivity (Wildman–Crippen MR) is 93.0 cm³/mol. The number of benzene rings is 1. The molecule has 25 heavy (non-hydrogen) atoms. The Hall–Kier alpha value is -2.28. The van der Waals surface area contributed by atoms with Crippen LogP contribution in [0.1, 0.15) is 17.7 Å². The first-order valence-corrected chi connectivity index (χ1v) is 9.95. The summed E-state index contributed by atoms with van der Waals surface area (Å²) in [7, 11) is -1.52. The molecule has 1 saturated heterocycles. The smallest absolute Gasteiger partial charge is 0.227 e. The number of hydrogen-bond donors (Lipinski definition) is 0. The predicted octanol–water partition coefficient (Wildman–Crippen LogP) is 2.05. The Balaban J connectivity index is 1.81. The van der Waals surface area contributed by atoms with E-state index in [-0.39, 0.29) is 36.4 Å². The number of nitrogens with zero attached hydrogens (tertiary/aromatic N) is 1. The van der Waals surface area contributed by atoms with Gasteiger partial charge in [-0.15, -0.1) is 0 Å². The number of hydrogen-bond acceptors (Lipinski definition) is 5. The van der Waals surface area contributed by atoms with Gasteiger partial charge in [0.15, 0.2) is 9.84 Å². The highest BCUT2D eigenvalue weighted by atomic mass is 32.2. The number of carbonyl (C=O) groups is 1. The maximum atomic E-state index is 12.9. The Morgan fingerprint density at radius 3 is 2.72 bits per heavy atom. The van der Waals surface area contributed by atoms with Crippen LogP contribution in [-0.4, -0.2) is 43.9 Å². The van der Waals surface area contributed by atoms with Crippen molar-refractivity contribution >= 4 is 15.7 Å². The first-order chi connectivity index (χ1) is 12.0. The second kappa shape index (κ2) is 7.31. The average Bonchev–Trinajstić information content (AvgIpc) is 3.22. The van der Waals surface area contributed by atoms with Crippen LogP contribution in [0.3, 0.4) is 0 Å². The molecule has 3 rings (SSSR count). The zero-order valence-corrected chi connectivity index (χ0v) is 14.9. The monoisotopic (exact) mass is 363 g/mol. The molecule has 134 valence electrons. The van der Waals surface area contributed by atoms with E-state index in [1.165, 1.54) is 0 Å². The lowest BCUT2D eigenvalue weighted by Gasteiger charge is -2.27. The first kappa shape index (κ1) is 17.5. The van der Waals surface area contributed by atoms with Crippen LogP contribution in [0.2, 0.25) is 0 Å². The summed E-state index contributed by atoms with van der Waals surface area (Å²) >= 11 is 0. The molecule has 1 aliphatic rings. The van der Waals surface area contributed by atoms with Crippen LogP contribution in [0.15, 0.2) is 47.1 Å². The molecule has 1 aliphatic heterocycles. The molecule has 1 amide bonds. The molecule has 1 aromatic heterocycles. The van der Waals surface area contributed by atoms with E-state index in [1.807, 2.05) is 18.2 Å². The molecular formula is C18H21NO5S. The van der Waals surface area contributed by atoms with Gasteiger partial charge in [-0.1, -0.05) is 18.2 Å².